The Morgan fingerprint density at radius 2 is 2.17 bits per heavy atom. The van der Waals surface area contributed by atoms with E-state index in [9.17, 15) is 0 Å². The van der Waals surface area contributed by atoms with Gasteiger partial charge in [0.1, 0.15) is 0 Å². The van der Waals surface area contributed by atoms with Gasteiger partial charge in [0, 0.05) is 9.86 Å². The molecule has 64 valence electrons. The summed E-state index contributed by atoms with van der Waals surface area (Å²) in [5, 5.41) is 8.46. The van der Waals surface area contributed by atoms with Gasteiger partial charge in [-0.15, -0.1) is 12.4 Å². The zero-order valence-electron chi connectivity index (χ0n) is 5.84. The Kier molecular flexibility index (Phi) is 2.99. The molecule has 1 aromatic carbocycles. The maximum absolute atomic E-state index is 5.86. The molecule has 5 heteroatoms. The highest BCUT2D eigenvalue weighted by atomic mass is 79.9. The molecule has 1 aromatic heterocycles. The molecule has 0 saturated heterocycles. The Labute approximate surface area is 88.8 Å². The number of rotatable bonds is 0. The van der Waals surface area contributed by atoms with Gasteiger partial charge < -0.3 is 0 Å². The number of aromatic amines is 1. The fraction of sp³-hybridized carbons (Fsp3) is 0. The van der Waals surface area contributed by atoms with Crippen molar-refractivity contribution >= 4 is 50.8 Å². The van der Waals surface area contributed by atoms with Gasteiger partial charge in [0.25, 0.3) is 0 Å². The third kappa shape index (κ3) is 1.58. The molecule has 12 heavy (non-hydrogen) atoms. The van der Waals surface area contributed by atoms with E-state index in [4.69, 9.17) is 11.6 Å². The van der Waals surface area contributed by atoms with E-state index in [0.717, 1.165) is 15.4 Å². The average molecular weight is 268 g/mol. The molecule has 2 aromatic rings. The standard InChI is InChI=1S/C7H4BrClN2.ClH/c8-5-2-7-4(1-6(5)9)3-10-11-7;/h1-3H,(H,10,11);1H. The monoisotopic (exact) mass is 266 g/mol. The lowest BCUT2D eigenvalue weighted by Crippen LogP contribution is -1.70. The Hall–Kier alpha value is -0.250. The molecule has 0 aliphatic carbocycles. The highest BCUT2D eigenvalue weighted by Crippen LogP contribution is 2.26. The molecular weight excluding hydrogens is 263 g/mol. The van der Waals surface area contributed by atoms with Gasteiger partial charge in [-0.2, -0.15) is 5.10 Å². The van der Waals surface area contributed by atoms with Crippen molar-refractivity contribution in [1.29, 1.82) is 0 Å². The second kappa shape index (κ2) is 3.64. The molecule has 0 bridgehead atoms. The molecule has 0 atom stereocenters. The summed E-state index contributed by atoms with van der Waals surface area (Å²) in [6.45, 7) is 0. The van der Waals surface area contributed by atoms with Crippen LogP contribution < -0.4 is 0 Å². The first-order valence-electron chi connectivity index (χ1n) is 3.05. The minimum Gasteiger partial charge on any atom is -0.278 e. The van der Waals surface area contributed by atoms with E-state index in [1.807, 2.05) is 12.1 Å². The van der Waals surface area contributed by atoms with Crippen molar-refractivity contribution in [2.24, 2.45) is 0 Å². The first kappa shape index (κ1) is 9.84. The third-order valence-electron chi connectivity index (χ3n) is 1.48. The summed E-state index contributed by atoms with van der Waals surface area (Å²) in [4.78, 5) is 0. The van der Waals surface area contributed by atoms with Gasteiger partial charge in [-0.05, 0) is 28.1 Å². The summed E-state index contributed by atoms with van der Waals surface area (Å²) in [5.41, 5.74) is 0.987. The lowest BCUT2D eigenvalue weighted by Gasteiger charge is -1.93. The fourth-order valence-corrected chi connectivity index (χ4v) is 1.45. The molecule has 0 saturated carbocycles. The van der Waals surface area contributed by atoms with Gasteiger partial charge in [0.2, 0.25) is 0 Å². The van der Waals surface area contributed by atoms with Crippen LogP contribution in [0.4, 0.5) is 0 Å². The molecule has 0 spiro atoms. The first-order valence-corrected chi connectivity index (χ1v) is 4.22. The molecule has 0 amide bonds. The second-order valence-corrected chi connectivity index (χ2v) is 3.49. The summed E-state index contributed by atoms with van der Waals surface area (Å²) in [7, 11) is 0. The summed E-state index contributed by atoms with van der Waals surface area (Å²) >= 11 is 9.18. The number of nitrogens with zero attached hydrogens (tertiary/aromatic N) is 1. The number of fused-ring (bicyclic) bond motifs is 1. The van der Waals surface area contributed by atoms with Crippen molar-refractivity contribution in [3.8, 4) is 0 Å². The van der Waals surface area contributed by atoms with Gasteiger partial charge in [-0.3, -0.25) is 5.10 Å². The molecule has 2 rings (SSSR count). The van der Waals surface area contributed by atoms with Crippen LogP contribution in [-0.2, 0) is 0 Å². The lowest BCUT2D eigenvalue weighted by molar-refractivity contribution is 1.12. The lowest BCUT2D eigenvalue weighted by atomic mass is 10.3. The number of hydrogen-bond donors (Lipinski definition) is 1. The number of hydrogen-bond acceptors (Lipinski definition) is 1. The molecule has 1 heterocycles. The van der Waals surface area contributed by atoms with Crippen LogP contribution in [-0.4, -0.2) is 10.2 Å². The van der Waals surface area contributed by atoms with Crippen molar-refractivity contribution < 1.29 is 0 Å². The highest BCUT2D eigenvalue weighted by molar-refractivity contribution is 9.10. The SMILES string of the molecule is Cl.Clc1cc2cn[nH]c2cc1Br. The van der Waals surface area contributed by atoms with E-state index >= 15 is 0 Å². The molecule has 0 unspecified atom stereocenters. The summed E-state index contributed by atoms with van der Waals surface area (Å²) in [5.74, 6) is 0. The van der Waals surface area contributed by atoms with Gasteiger partial charge >= 0.3 is 0 Å². The van der Waals surface area contributed by atoms with E-state index in [1.165, 1.54) is 0 Å². The Morgan fingerprint density at radius 3 is 2.92 bits per heavy atom. The predicted octanol–water partition coefficient (Wildman–Crippen LogP) is 3.40. The van der Waals surface area contributed by atoms with Crippen molar-refractivity contribution in [2.75, 3.05) is 0 Å². The molecule has 0 aliphatic heterocycles. The smallest absolute Gasteiger partial charge is 0.0662 e. The summed E-state index contributed by atoms with van der Waals surface area (Å²) < 4.78 is 0.885. The summed E-state index contributed by atoms with van der Waals surface area (Å²) in [6.07, 6.45) is 1.74. The average Bonchev–Trinajstić information content (AvgIpc) is 2.36. The highest BCUT2D eigenvalue weighted by Gasteiger charge is 2.00. The van der Waals surface area contributed by atoms with Crippen LogP contribution in [0.5, 0.6) is 0 Å². The topological polar surface area (TPSA) is 28.7 Å². The number of benzene rings is 1. The van der Waals surface area contributed by atoms with Gasteiger partial charge in [-0.1, -0.05) is 11.6 Å². The first-order chi connectivity index (χ1) is 5.27. The largest absolute Gasteiger partial charge is 0.278 e. The molecule has 0 fully saturated rings. The minimum atomic E-state index is 0. The molecule has 0 radical (unpaired) electrons. The van der Waals surface area contributed by atoms with Crippen LogP contribution in [0.15, 0.2) is 22.8 Å². The van der Waals surface area contributed by atoms with Gasteiger partial charge in [0.15, 0.2) is 0 Å². The Bertz CT molecular complexity index is 363. The van der Waals surface area contributed by atoms with Gasteiger partial charge in [0.05, 0.1) is 16.7 Å². The van der Waals surface area contributed by atoms with Crippen molar-refractivity contribution in [1.82, 2.24) is 10.2 Å². The van der Waals surface area contributed by atoms with Crippen molar-refractivity contribution in [3.63, 3.8) is 0 Å². The number of halogens is 3. The molecule has 0 aliphatic rings. The second-order valence-electron chi connectivity index (χ2n) is 2.22. The Balaban J connectivity index is 0.000000720. The molecular formula is C7H5BrCl2N2. The zero-order chi connectivity index (χ0) is 7.84. The number of nitrogens with one attached hydrogen (secondary N) is 1. The van der Waals surface area contributed by atoms with E-state index in [1.54, 1.807) is 6.20 Å². The van der Waals surface area contributed by atoms with E-state index < -0.39 is 0 Å². The quantitative estimate of drug-likeness (QED) is 0.779. The van der Waals surface area contributed by atoms with Crippen LogP contribution in [0.1, 0.15) is 0 Å². The van der Waals surface area contributed by atoms with Crippen LogP contribution in [0, 0.1) is 0 Å². The fourth-order valence-electron chi connectivity index (χ4n) is 0.937. The predicted molar refractivity (Wildman–Crippen MR) is 56.1 cm³/mol. The van der Waals surface area contributed by atoms with Crippen molar-refractivity contribution in [3.05, 3.63) is 27.8 Å². The molecule has 1 N–H and O–H groups in total. The van der Waals surface area contributed by atoms with E-state index in [-0.39, 0.29) is 12.4 Å². The number of H-pyrrole nitrogens is 1. The maximum atomic E-state index is 5.86. The van der Waals surface area contributed by atoms with Crippen LogP contribution in [0.2, 0.25) is 5.02 Å². The van der Waals surface area contributed by atoms with Gasteiger partial charge in [-0.25, -0.2) is 0 Å². The minimum absolute atomic E-state index is 0. The molecule has 2 nitrogen and oxygen atoms in total. The normalized spacial score (nSPS) is 9.83. The van der Waals surface area contributed by atoms with Crippen LogP contribution in [0.3, 0.4) is 0 Å². The van der Waals surface area contributed by atoms with E-state index in [0.29, 0.717) is 5.02 Å². The third-order valence-corrected chi connectivity index (χ3v) is 2.68. The van der Waals surface area contributed by atoms with E-state index in [2.05, 4.69) is 26.1 Å². The Morgan fingerprint density at radius 1 is 1.42 bits per heavy atom. The van der Waals surface area contributed by atoms with Crippen LogP contribution >= 0.6 is 39.9 Å². The zero-order valence-corrected chi connectivity index (χ0v) is 9.00. The number of aromatic nitrogens is 2. The maximum Gasteiger partial charge on any atom is 0.0662 e. The van der Waals surface area contributed by atoms with Crippen molar-refractivity contribution in [2.45, 2.75) is 0 Å². The van der Waals surface area contributed by atoms with Crippen LogP contribution in [0.25, 0.3) is 10.9 Å². The summed E-state index contributed by atoms with van der Waals surface area (Å²) in [6, 6.07) is 3.77.